The van der Waals surface area contributed by atoms with Crippen LogP contribution >= 0.6 is 11.8 Å². The number of aromatic nitrogens is 4. The van der Waals surface area contributed by atoms with E-state index >= 15 is 0 Å². The first-order valence-electron chi connectivity index (χ1n) is 11.9. The second-order valence-electron chi connectivity index (χ2n) is 9.52. The van der Waals surface area contributed by atoms with E-state index in [0.29, 0.717) is 34.8 Å². The van der Waals surface area contributed by atoms with Gasteiger partial charge in [0.15, 0.2) is 5.16 Å². The van der Waals surface area contributed by atoms with Gasteiger partial charge < -0.3 is 14.4 Å². The number of carboxylic acids is 1. The fourth-order valence-electron chi connectivity index (χ4n) is 4.40. The quantitative estimate of drug-likeness (QED) is 0.262. The van der Waals surface area contributed by atoms with E-state index in [0.717, 1.165) is 11.0 Å². The number of thioether (sulfide) groups is 1. The average molecular weight is 511 g/mol. The number of carbonyl (C=O) groups is 2. The maximum absolute atomic E-state index is 13.0. The summed E-state index contributed by atoms with van der Waals surface area (Å²) in [6.07, 6.45) is -0.0451. The largest absolute Gasteiger partial charge is 0.480 e. The zero-order valence-corrected chi connectivity index (χ0v) is 21.6. The molecule has 0 bridgehead atoms. The Bertz CT molecular complexity index is 1480. The van der Waals surface area contributed by atoms with Crippen LogP contribution in [0.1, 0.15) is 40.2 Å². The van der Waals surface area contributed by atoms with Gasteiger partial charge in [-0.25, -0.2) is 19.3 Å². The van der Waals surface area contributed by atoms with Crippen LogP contribution in [0.15, 0.2) is 58.5 Å². The van der Waals surface area contributed by atoms with E-state index in [9.17, 15) is 19.5 Å². The second-order valence-corrected chi connectivity index (χ2v) is 10.6. The third-order valence-corrected chi connectivity index (χ3v) is 6.94. The van der Waals surface area contributed by atoms with E-state index in [2.05, 4.69) is 0 Å². The summed E-state index contributed by atoms with van der Waals surface area (Å²) in [4.78, 5) is 42.6. The number of rotatable bonds is 8. The lowest BCUT2D eigenvalue weighted by Crippen LogP contribution is -2.32. The highest BCUT2D eigenvalue weighted by molar-refractivity contribution is 7.99. The number of carboxylic acid groups (broad SMARTS) is 1. The van der Waals surface area contributed by atoms with Crippen molar-refractivity contribution in [3.05, 3.63) is 58.9 Å². The number of benzene rings is 2. The molecule has 0 aliphatic carbocycles. The van der Waals surface area contributed by atoms with Gasteiger partial charge >= 0.3 is 12.1 Å². The SMILES string of the molecule is CCOC(=O)n1c2ccccc2c(=O)n1CCCSc1nc2ccccc2n1C(C(=O)O)C(C)(C)C. The molecule has 0 aliphatic rings. The number of carbonyl (C=O) groups excluding carboxylic acids is 1. The number of ether oxygens (including phenoxy) is 1. The van der Waals surface area contributed by atoms with Crippen LogP contribution in [-0.4, -0.2) is 48.4 Å². The molecule has 0 amide bonds. The van der Waals surface area contributed by atoms with E-state index in [4.69, 9.17) is 9.72 Å². The molecule has 2 heterocycles. The summed E-state index contributed by atoms with van der Waals surface area (Å²) in [5, 5.41) is 11.1. The van der Waals surface area contributed by atoms with Crippen LogP contribution in [-0.2, 0) is 16.1 Å². The van der Waals surface area contributed by atoms with Gasteiger partial charge in [-0.1, -0.05) is 56.8 Å². The summed E-state index contributed by atoms with van der Waals surface area (Å²) >= 11 is 1.44. The first kappa shape index (κ1) is 25.6. The highest BCUT2D eigenvalue weighted by Gasteiger charge is 2.35. The first-order chi connectivity index (χ1) is 17.1. The number of imidazole rings is 1. The highest BCUT2D eigenvalue weighted by atomic mass is 32.2. The maximum atomic E-state index is 13.0. The van der Waals surface area contributed by atoms with Gasteiger partial charge in [0.05, 0.1) is 28.5 Å². The number of para-hydroxylation sites is 3. The molecular formula is C26H30N4O5S. The molecule has 0 radical (unpaired) electrons. The standard InChI is InChI=1S/C26H30N4O5S/c1-5-35-25(34)30-19-13-8-6-11-17(19)22(31)28(30)15-10-16-36-24-27-18-12-7-9-14-20(18)29(24)21(23(32)33)26(2,3)4/h6-9,11-14,21H,5,10,15-16H2,1-4H3,(H,32,33). The van der Waals surface area contributed by atoms with Crippen LogP contribution < -0.4 is 5.56 Å². The summed E-state index contributed by atoms with van der Waals surface area (Å²) in [6, 6.07) is 13.6. The van der Waals surface area contributed by atoms with Crippen molar-refractivity contribution in [2.75, 3.05) is 12.4 Å². The van der Waals surface area contributed by atoms with Gasteiger partial charge in [-0.05, 0) is 43.0 Å². The molecule has 190 valence electrons. The lowest BCUT2D eigenvalue weighted by molar-refractivity contribution is -0.144. The molecule has 0 spiro atoms. The Hall–Kier alpha value is -3.53. The zero-order valence-electron chi connectivity index (χ0n) is 20.8. The molecule has 1 unspecified atom stereocenters. The molecule has 0 fully saturated rings. The summed E-state index contributed by atoms with van der Waals surface area (Å²) in [5.74, 6) is -0.352. The summed E-state index contributed by atoms with van der Waals surface area (Å²) in [7, 11) is 0. The molecule has 1 N–H and O–H groups in total. The van der Waals surface area contributed by atoms with Crippen LogP contribution in [0.3, 0.4) is 0 Å². The van der Waals surface area contributed by atoms with E-state index < -0.39 is 23.5 Å². The predicted octanol–water partition coefficient (Wildman–Crippen LogP) is 5.01. The lowest BCUT2D eigenvalue weighted by Gasteiger charge is -2.29. The Kier molecular flexibility index (Phi) is 7.26. The van der Waals surface area contributed by atoms with E-state index in [1.165, 1.54) is 21.1 Å². The minimum atomic E-state index is -0.919. The van der Waals surface area contributed by atoms with Crippen molar-refractivity contribution in [2.24, 2.45) is 5.41 Å². The Labute approximate surface area is 212 Å². The first-order valence-corrected chi connectivity index (χ1v) is 12.8. The van der Waals surface area contributed by atoms with Crippen molar-refractivity contribution >= 4 is 45.8 Å². The minimum absolute atomic E-state index is 0.199. The molecule has 4 rings (SSSR count). The molecule has 1 atom stereocenters. The third kappa shape index (κ3) is 4.77. The molecule has 4 aromatic rings. The van der Waals surface area contributed by atoms with Gasteiger partial charge in [0.25, 0.3) is 5.56 Å². The smallest absolute Gasteiger partial charge is 0.433 e. The van der Waals surface area contributed by atoms with Crippen LogP contribution in [0.25, 0.3) is 21.9 Å². The van der Waals surface area contributed by atoms with Gasteiger partial charge in [-0.2, -0.15) is 4.68 Å². The number of hydrogen-bond acceptors (Lipinski definition) is 6. The Morgan fingerprint density at radius 2 is 1.75 bits per heavy atom. The van der Waals surface area contributed by atoms with Crippen molar-refractivity contribution in [2.45, 2.75) is 51.9 Å². The Morgan fingerprint density at radius 1 is 1.08 bits per heavy atom. The molecule has 0 saturated heterocycles. The van der Waals surface area contributed by atoms with Gasteiger partial charge in [-0.15, -0.1) is 0 Å². The second kappa shape index (κ2) is 10.2. The maximum Gasteiger partial charge on any atom is 0.433 e. The van der Waals surface area contributed by atoms with E-state index in [1.54, 1.807) is 35.8 Å². The van der Waals surface area contributed by atoms with Crippen LogP contribution in [0.4, 0.5) is 4.79 Å². The fraction of sp³-hybridized carbons (Fsp3) is 0.385. The molecule has 36 heavy (non-hydrogen) atoms. The number of aliphatic carboxylic acids is 1. The van der Waals surface area contributed by atoms with Crippen LogP contribution in [0.2, 0.25) is 0 Å². The van der Waals surface area contributed by atoms with Gasteiger partial charge in [-0.3, -0.25) is 4.79 Å². The molecule has 2 aromatic carbocycles. The summed E-state index contributed by atoms with van der Waals surface area (Å²) in [6.45, 7) is 7.91. The fourth-order valence-corrected chi connectivity index (χ4v) is 5.36. The minimum Gasteiger partial charge on any atom is -0.480 e. The summed E-state index contributed by atoms with van der Waals surface area (Å²) in [5.41, 5.74) is 1.20. The number of fused-ring (bicyclic) bond motifs is 2. The van der Waals surface area contributed by atoms with Crippen molar-refractivity contribution in [1.82, 2.24) is 18.9 Å². The van der Waals surface area contributed by atoms with E-state index in [1.807, 2.05) is 45.0 Å². The number of hydrogen-bond donors (Lipinski definition) is 1. The van der Waals surface area contributed by atoms with Crippen molar-refractivity contribution < 1.29 is 19.4 Å². The molecular weight excluding hydrogens is 480 g/mol. The average Bonchev–Trinajstić information content (AvgIpc) is 3.31. The number of nitrogens with zero attached hydrogens (tertiary/aromatic N) is 4. The molecule has 0 aliphatic heterocycles. The Morgan fingerprint density at radius 3 is 2.42 bits per heavy atom. The monoisotopic (exact) mass is 510 g/mol. The predicted molar refractivity (Wildman–Crippen MR) is 140 cm³/mol. The topological polar surface area (TPSA) is 108 Å². The van der Waals surface area contributed by atoms with Crippen molar-refractivity contribution in [3.63, 3.8) is 0 Å². The van der Waals surface area contributed by atoms with Gasteiger partial charge in [0.1, 0.15) is 6.04 Å². The Balaban J connectivity index is 1.61. The molecule has 9 nitrogen and oxygen atoms in total. The highest BCUT2D eigenvalue weighted by Crippen LogP contribution is 2.37. The molecule has 2 aromatic heterocycles. The van der Waals surface area contributed by atoms with Gasteiger partial charge in [0.2, 0.25) is 0 Å². The zero-order chi connectivity index (χ0) is 26.0. The molecule has 10 heteroatoms. The van der Waals surface area contributed by atoms with Crippen molar-refractivity contribution in [1.29, 1.82) is 0 Å². The normalized spacial score (nSPS) is 12.8. The van der Waals surface area contributed by atoms with Crippen molar-refractivity contribution in [3.8, 4) is 0 Å². The lowest BCUT2D eigenvalue weighted by atomic mass is 9.86. The van der Waals surface area contributed by atoms with E-state index in [-0.39, 0.29) is 12.2 Å². The van der Waals surface area contributed by atoms with Crippen LogP contribution in [0, 0.1) is 5.41 Å². The summed E-state index contributed by atoms with van der Waals surface area (Å²) < 4.78 is 9.68. The van der Waals surface area contributed by atoms with Crippen LogP contribution in [0.5, 0.6) is 0 Å². The van der Waals surface area contributed by atoms with Gasteiger partial charge in [0, 0.05) is 12.3 Å². The third-order valence-electron chi connectivity index (χ3n) is 5.90. The molecule has 0 saturated carbocycles.